The van der Waals surface area contributed by atoms with Gasteiger partial charge < -0.3 is 14.2 Å². The van der Waals surface area contributed by atoms with Gasteiger partial charge >= 0.3 is 18.5 Å². The maximum absolute atomic E-state index is 13.0. The minimum atomic E-state index is -4.80. The second-order valence-corrected chi connectivity index (χ2v) is 11.0. The summed E-state index contributed by atoms with van der Waals surface area (Å²) in [7, 11) is 1.27. The molecule has 5 nitrogen and oxygen atoms in total. The van der Waals surface area contributed by atoms with E-state index in [-0.39, 0.29) is 12.4 Å². The number of alkyl halides is 6. The van der Waals surface area contributed by atoms with Crippen molar-refractivity contribution >= 4 is 29.1 Å². The van der Waals surface area contributed by atoms with Gasteiger partial charge in [0, 0.05) is 27.5 Å². The molecule has 0 fully saturated rings. The van der Waals surface area contributed by atoms with Crippen molar-refractivity contribution in [2.24, 2.45) is 0 Å². The summed E-state index contributed by atoms with van der Waals surface area (Å²) in [4.78, 5) is 17.8. The van der Waals surface area contributed by atoms with Crippen LogP contribution in [0.5, 0.6) is 11.5 Å². The van der Waals surface area contributed by atoms with Crippen molar-refractivity contribution in [3.63, 3.8) is 0 Å². The number of aryl methyl sites for hydroxylation is 1. The van der Waals surface area contributed by atoms with Crippen LogP contribution in [0.3, 0.4) is 0 Å². The number of halogens is 6. The van der Waals surface area contributed by atoms with E-state index in [0.717, 1.165) is 27.5 Å². The molecule has 4 rings (SSSR count). The molecule has 0 unspecified atom stereocenters. The highest BCUT2D eigenvalue weighted by molar-refractivity contribution is 7.98. The van der Waals surface area contributed by atoms with Crippen molar-refractivity contribution in [1.82, 2.24) is 4.98 Å². The molecule has 0 aliphatic carbocycles. The third kappa shape index (κ3) is 8.65. The number of thioether (sulfide) groups is 1. The van der Waals surface area contributed by atoms with Crippen LogP contribution in [0.1, 0.15) is 27.3 Å². The Morgan fingerprint density at radius 3 is 2.24 bits per heavy atom. The van der Waals surface area contributed by atoms with Gasteiger partial charge in [-0.1, -0.05) is 24.3 Å². The normalized spacial score (nSPS) is 11.8. The van der Waals surface area contributed by atoms with Gasteiger partial charge in [0.25, 0.3) is 0 Å². The van der Waals surface area contributed by atoms with Crippen LogP contribution in [0.25, 0.3) is 10.6 Å². The molecule has 0 atom stereocenters. The summed E-state index contributed by atoms with van der Waals surface area (Å²) in [5, 5.41) is 0.522. The van der Waals surface area contributed by atoms with E-state index in [4.69, 9.17) is 9.72 Å². The Labute approximate surface area is 245 Å². The number of esters is 1. The van der Waals surface area contributed by atoms with E-state index in [2.05, 4.69) is 9.47 Å². The molecule has 222 valence electrons. The molecular weight excluding hydrogens is 604 g/mol. The summed E-state index contributed by atoms with van der Waals surface area (Å²) in [5.41, 5.74) is 1.89. The molecule has 0 radical (unpaired) electrons. The molecule has 42 heavy (non-hydrogen) atoms. The van der Waals surface area contributed by atoms with Crippen molar-refractivity contribution in [2.75, 3.05) is 13.7 Å². The fraction of sp³-hybridized carbons (Fsp3) is 0.241. The third-order valence-corrected chi connectivity index (χ3v) is 8.21. The fourth-order valence-corrected chi connectivity index (χ4v) is 5.96. The standard InChI is InChI=1S/C29H23F6NO4S2/c1-17-13-22(11-12-24(17)39-15-26(37)38-2)41-16-25-23(14-18-3-9-21(10-4-18)40-29(33,34)35)36-27(42-25)19-5-7-20(8-6-19)28(30,31)32/h3-13H,14-16H2,1-2H3. The highest BCUT2D eigenvalue weighted by Crippen LogP contribution is 2.37. The van der Waals surface area contributed by atoms with E-state index in [1.807, 2.05) is 19.1 Å². The molecule has 0 N–H and O–H groups in total. The Morgan fingerprint density at radius 2 is 1.64 bits per heavy atom. The van der Waals surface area contributed by atoms with Crippen LogP contribution in [0.15, 0.2) is 71.6 Å². The van der Waals surface area contributed by atoms with Crippen molar-refractivity contribution < 1.29 is 45.3 Å². The topological polar surface area (TPSA) is 57.7 Å². The van der Waals surface area contributed by atoms with Gasteiger partial charge in [-0.05, 0) is 60.5 Å². The Morgan fingerprint density at radius 1 is 0.952 bits per heavy atom. The highest BCUT2D eigenvalue weighted by atomic mass is 32.2. The molecule has 0 saturated carbocycles. The lowest BCUT2D eigenvalue weighted by molar-refractivity contribution is -0.274. The number of nitrogens with zero attached hydrogens (tertiary/aromatic N) is 1. The van der Waals surface area contributed by atoms with Gasteiger partial charge in [0.1, 0.15) is 16.5 Å². The number of rotatable bonds is 10. The van der Waals surface area contributed by atoms with E-state index in [1.54, 1.807) is 6.07 Å². The molecule has 0 aliphatic heterocycles. The smallest absolute Gasteiger partial charge is 0.482 e. The van der Waals surface area contributed by atoms with Crippen LogP contribution in [0, 0.1) is 6.92 Å². The van der Waals surface area contributed by atoms with Gasteiger partial charge in [-0.3, -0.25) is 0 Å². The lowest BCUT2D eigenvalue weighted by atomic mass is 10.1. The van der Waals surface area contributed by atoms with E-state index < -0.39 is 24.1 Å². The van der Waals surface area contributed by atoms with Gasteiger partial charge in [-0.15, -0.1) is 36.3 Å². The Bertz CT molecular complexity index is 1520. The number of benzene rings is 3. The number of aromatic nitrogens is 1. The zero-order chi connectivity index (χ0) is 30.5. The molecule has 1 heterocycles. The molecule has 0 amide bonds. The largest absolute Gasteiger partial charge is 0.573 e. The van der Waals surface area contributed by atoms with Crippen LogP contribution < -0.4 is 9.47 Å². The number of carbonyl (C=O) groups excluding carboxylic acids is 1. The predicted molar refractivity (Wildman–Crippen MR) is 147 cm³/mol. The third-order valence-electron chi connectivity index (χ3n) is 5.86. The highest BCUT2D eigenvalue weighted by Gasteiger charge is 2.31. The molecule has 0 spiro atoms. The number of hydrogen-bond donors (Lipinski definition) is 0. The summed E-state index contributed by atoms with van der Waals surface area (Å²) >= 11 is 2.84. The number of carbonyl (C=O) groups is 1. The van der Waals surface area contributed by atoms with E-state index in [1.165, 1.54) is 66.6 Å². The minimum Gasteiger partial charge on any atom is -0.482 e. The molecule has 0 saturated heterocycles. The molecule has 13 heteroatoms. The maximum atomic E-state index is 13.0. The van der Waals surface area contributed by atoms with Crippen molar-refractivity contribution in [3.8, 4) is 22.1 Å². The molecule has 0 aliphatic rings. The van der Waals surface area contributed by atoms with Crippen LogP contribution in [-0.2, 0) is 27.9 Å². The van der Waals surface area contributed by atoms with E-state index >= 15 is 0 Å². The van der Waals surface area contributed by atoms with Crippen LogP contribution >= 0.6 is 23.1 Å². The Kier molecular flexibility index (Phi) is 9.72. The summed E-state index contributed by atoms with van der Waals surface area (Å²) in [5.74, 6) is 0.160. The minimum absolute atomic E-state index is 0.218. The second kappa shape index (κ2) is 13.1. The molecule has 4 aromatic rings. The average molecular weight is 628 g/mol. The molecule has 1 aromatic heterocycles. The first-order valence-electron chi connectivity index (χ1n) is 12.2. The number of ether oxygens (including phenoxy) is 3. The zero-order valence-corrected chi connectivity index (χ0v) is 23.8. The van der Waals surface area contributed by atoms with Gasteiger partial charge in [0.05, 0.1) is 18.4 Å². The van der Waals surface area contributed by atoms with Gasteiger partial charge in [-0.2, -0.15) is 13.2 Å². The van der Waals surface area contributed by atoms with Crippen molar-refractivity contribution in [2.45, 2.75) is 36.5 Å². The van der Waals surface area contributed by atoms with Crippen LogP contribution in [-0.4, -0.2) is 31.0 Å². The van der Waals surface area contributed by atoms with E-state index in [9.17, 15) is 31.1 Å². The first-order chi connectivity index (χ1) is 19.8. The van der Waals surface area contributed by atoms with Crippen molar-refractivity contribution in [3.05, 3.63) is 94.0 Å². The van der Waals surface area contributed by atoms with Gasteiger partial charge in [0.15, 0.2) is 6.61 Å². The summed E-state index contributed by atoms with van der Waals surface area (Å²) < 4.78 is 90.7. The summed E-state index contributed by atoms with van der Waals surface area (Å²) in [6.45, 7) is 1.62. The number of hydrogen-bond acceptors (Lipinski definition) is 7. The second-order valence-electron chi connectivity index (χ2n) is 8.91. The summed E-state index contributed by atoms with van der Waals surface area (Å²) in [6.07, 6.45) is -8.98. The molecular formula is C29H23F6NO4S2. The fourth-order valence-electron chi connectivity index (χ4n) is 3.78. The van der Waals surface area contributed by atoms with Crippen LogP contribution in [0.2, 0.25) is 0 Å². The van der Waals surface area contributed by atoms with Gasteiger partial charge in [0.2, 0.25) is 0 Å². The maximum Gasteiger partial charge on any atom is 0.573 e. The molecule has 3 aromatic carbocycles. The van der Waals surface area contributed by atoms with Crippen LogP contribution in [0.4, 0.5) is 26.3 Å². The monoisotopic (exact) mass is 627 g/mol. The first kappa shape index (κ1) is 31.2. The quantitative estimate of drug-likeness (QED) is 0.0999. The van der Waals surface area contributed by atoms with Gasteiger partial charge in [-0.25, -0.2) is 9.78 Å². The summed E-state index contributed by atoms with van der Waals surface area (Å²) in [6, 6.07) is 15.6. The van der Waals surface area contributed by atoms with E-state index in [0.29, 0.717) is 39.8 Å². The average Bonchev–Trinajstić information content (AvgIpc) is 3.33. The predicted octanol–water partition coefficient (Wildman–Crippen LogP) is 8.47. The zero-order valence-electron chi connectivity index (χ0n) is 22.1. The first-order valence-corrected chi connectivity index (χ1v) is 14.0. The SMILES string of the molecule is COC(=O)COc1ccc(SCc2sc(-c3ccc(C(F)(F)F)cc3)nc2Cc2ccc(OC(F)(F)F)cc2)cc1C. The lowest BCUT2D eigenvalue weighted by Gasteiger charge is -2.10. The Hall–Kier alpha value is -3.71. The van der Waals surface area contributed by atoms with Crippen molar-refractivity contribution in [1.29, 1.82) is 0 Å². The number of thiazole rings is 1. The lowest BCUT2D eigenvalue weighted by Crippen LogP contribution is -2.17. The number of methoxy groups -OCH3 is 1. The molecule has 0 bridgehead atoms. The Balaban J connectivity index is 1.56.